The predicted molar refractivity (Wildman–Crippen MR) is 95.4 cm³/mol. The largest absolute Gasteiger partial charge is 0.493 e. The SMILES string of the molecule is COc1ccc(C2NC(C(=O)O)(C(C)C)C3C(=O)N(C)C(=O)C23)cc1OC. The fraction of sp³-hybridized carbons (Fsp3) is 0.526. The van der Waals surface area contributed by atoms with Gasteiger partial charge >= 0.3 is 5.97 Å². The minimum Gasteiger partial charge on any atom is -0.493 e. The number of amides is 2. The van der Waals surface area contributed by atoms with Gasteiger partial charge in [-0.3, -0.25) is 24.6 Å². The van der Waals surface area contributed by atoms with Crippen LogP contribution >= 0.6 is 0 Å². The van der Waals surface area contributed by atoms with Crippen molar-refractivity contribution in [1.29, 1.82) is 0 Å². The summed E-state index contributed by atoms with van der Waals surface area (Å²) in [5.41, 5.74) is -0.858. The Labute approximate surface area is 157 Å². The maximum Gasteiger partial charge on any atom is 0.325 e. The van der Waals surface area contributed by atoms with Crippen LogP contribution in [0.5, 0.6) is 11.5 Å². The molecule has 27 heavy (non-hydrogen) atoms. The van der Waals surface area contributed by atoms with Crippen molar-refractivity contribution >= 4 is 17.8 Å². The number of carboxylic acid groups (broad SMARTS) is 1. The van der Waals surface area contributed by atoms with Gasteiger partial charge in [-0.1, -0.05) is 19.9 Å². The van der Waals surface area contributed by atoms with Crippen molar-refractivity contribution in [1.82, 2.24) is 10.2 Å². The van der Waals surface area contributed by atoms with Crippen LogP contribution < -0.4 is 14.8 Å². The van der Waals surface area contributed by atoms with Crippen molar-refractivity contribution in [2.45, 2.75) is 25.4 Å². The highest BCUT2D eigenvalue weighted by Gasteiger charge is 2.68. The molecule has 146 valence electrons. The fourth-order valence-electron chi connectivity index (χ4n) is 4.39. The maximum atomic E-state index is 12.8. The quantitative estimate of drug-likeness (QED) is 0.740. The molecule has 4 atom stereocenters. The molecule has 0 spiro atoms. The number of benzene rings is 1. The van der Waals surface area contributed by atoms with Crippen molar-refractivity contribution in [2.75, 3.05) is 21.3 Å². The molecule has 4 unspecified atom stereocenters. The first-order valence-corrected chi connectivity index (χ1v) is 8.75. The maximum absolute atomic E-state index is 12.8. The summed E-state index contributed by atoms with van der Waals surface area (Å²) < 4.78 is 10.6. The summed E-state index contributed by atoms with van der Waals surface area (Å²) in [5.74, 6) is -3.14. The molecule has 8 heteroatoms. The van der Waals surface area contributed by atoms with Gasteiger partial charge in [0, 0.05) is 13.1 Å². The number of hydrogen-bond acceptors (Lipinski definition) is 6. The third-order valence-corrected chi connectivity index (χ3v) is 5.85. The van der Waals surface area contributed by atoms with E-state index in [0.717, 1.165) is 4.90 Å². The number of rotatable bonds is 5. The van der Waals surface area contributed by atoms with Crippen LogP contribution in [0.3, 0.4) is 0 Å². The zero-order chi connectivity index (χ0) is 20.1. The molecule has 8 nitrogen and oxygen atoms in total. The number of nitrogens with zero attached hydrogens (tertiary/aromatic N) is 1. The van der Waals surface area contributed by atoms with Crippen LogP contribution in [-0.4, -0.2) is 54.6 Å². The Bertz CT molecular complexity index is 807. The standard InChI is InChI=1S/C19H24N2O6/c1-9(2)19(18(24)25)14-13(16(22)21(3)17(14)23)15(20-19)10-6-7-11(26-4)12(8-10)27-5/h6-9,13-15,20H,1-5H3,(H,24,25). The average Bonchev–Trinajstić information content (AvgIpc) is 3.12. The number of carbonyl (C=O) groups is 3. The summed E-state index contributed by atoms with van der Waals surface area (Å²) in [5, 5.41) is 13.2. The lowest BCUT2D eigenvalue weighted by Crippen LogP contribution is -2.59. The molecule has 2 aliphatic heterocycles. The summed E-state index contributed by atoms with van der Waals surface area (Å²) in [4.78, 5) is 38.9. The highest BCUT2D eigenvalue weighted by molar-refractivity contribution is 6.09. The van der Waals surface area contributed by atoms with Crippen LogP contribution in [0.25, 0.3) is 0 Å². The van der Waals surface area contributed by atoms with Crippen molar-refractivity contribution < 1.29 is 29.0 Å². The predicted octanol–water partition coefficient (Wildman–Crippen LogP) is 1.06. The van der Waals surface area contributed by atoms with Gasteiger partial charge in [-0.15, -0.1) is 0 Å². The molecule has 2 N–H and O–H groups in total. The Balaban J connectivity index is 2.16. The zero-order valence-electron chi connectivity index (χ0n) is 16.0. The topological polar surface area (TPSA) is 105 Å². The molecule has 2 amide bonds. The van der Waals surface area contributed by atoms with E-state index in [2.05, 4.69) is 5.32 Å². The second-order valence-electron chi connectivity index (χ2n) is 7.30. The van der Waals surface area contributed by atoms with Gasteiger partial charge in [0.05, 0.1) is 26.1 Å². The van der Waals surface area contributed by atoms with Gasteiger partial charge in [0.25, 0.3) is 0 Å². The average molecular weight is 376 g/mol. The molecular weight excluding hydrogens is 352 g/mol. The first-order valence-electron chi connectivity index (χ1n) is 8.75. The monoisotopic (exact) mass is 376 g/mol. The van der Waals surface area contributed by atoms with E-state index < -0.39 is 41.2 Å². The van der Waals surface area contributed by atoms with E-state index in [1.165, 1.54) is 21.3 Å². The molecule has 0 saturated carbocycles. The lowest BCUT2D eigenvalue weighted by atomic mass is 9.73. The molecule has 1 aromatic carbocycles. The van der Waals surface area contributed by atoms with Crippen LogP contribution in [0.1, 0.15) is 25.5 Å². The molecule has 0 bridgehead atoms. The van der Waals surface area contributed by atoms with Crippen molar-refractivity contribution in [3.63, 3.8) is 0 Å². The van der Waals surface area contributed by atoms with Crippen LogP contribution in [0, 0.1) is 17.8 Å². The lowest BCUT2D eigenvalue weighted by Gasteiger charge is -2.34. The van der Waals surface area contributed by atoms with Crippen LogP contribution in [0.2, 0.25) is 0 Å². The smallest absolute Gasteiger partial charge is 0.325 e. The number of fused-ring (bicyclic) bond motifs is 1. The number of carboxylic acids is 1. The molecule has 3 rings (SSSR count). The van der Waals surface area contributed by atoms with Gasteiger partial charge in [-0.05, 0) is 23.6 Å². The Morgan fingerprint density at radius 2 is 1.81 bits per heavy atom. The molecule has 2 heterocycles. The van der Waals surface area contributed by atoms with Gasteiger partial charge in [-0.2, -0.15) is 0 Å². The second kappa shape index (κ2) is 6.53. The summed E-state index contributed by atoms with van der Waals surface area (Å²) >= 11 is 0. The minimum absolute atomic E-state index is 0.374. The highest BCUT2D eigenvalue weighted by Crippen LogP contribution is 2.51. The molecule has 0 aromatic heterocycles. The Kier molecular flexibility index (Phi) is 4.63. The third-order valence-electron chi connectivity index (χ3n) is 5.85. The van der Waals surface area contributed by atoms with Crippen molar-refractivity contribution in [3.8, 4) is 11.5 Å². The Hall–Kier alpha value is -2.61. The number of imide groups is 1. The van der Waals surface area contributed by atoms with Crippen LogP contribution in [0.15, 0.2) is 18.2 Å². The summed E-state index contributed by atoms with van der Waals surface area (Å²) in [6, 6.07) is 4.54. The third kappa shape index (κ3) is 2.50. The molecule has 2 saturated heterocycles. The number of likely N-dealkylation sites (tertiary alicyclic amines) is 1. The van der Waals surface area contributed by atoms with E-state index in [-0.39, 0.29) is 5.91 Å². The normalized spacial score (nSPS) is 30.0. The molecule has 0 radical (unpaired) electrons. The van der Waals surface area contributed by atoms with Crippen molar-refractivity contribution in [2.24, 2.45) is 17.8 Å². The van der Waals surface area contributed by atoms with E-state index in [1.54, 1.807) is 32.0 Å². The summed E-state index contributed by atoms with van der Waals surface area (Å²) in [6.45, 7) is 3.48. The Morgan fingerprint density at radius 1 is 1.19 bits per heavy atom. The number of aliphatic carboxylic acids is 1. The number of methoxy groups -OCH3 is 2. The number of carbonyl (C=O) groups excluding carboxylic acids is 2. The summed E-state index contributed by atoms with van der Waals surface area (Å²) in [7, 11) is 4.42. The van der Waals surface area contributed by atoms with E-state index in [9.17, 15) is 19.5 Å². The van der Waals surface area contributed by atoms with Gasteiger partial charge in [0.1, 0.15) is 5.54 Å². The van der Waals surface area contributed by atoms with Crippen molar-refractivity contribution in [3.05, 3.63) is 23.8 Å². The molecular formula is C19H24N2O6. The Morgan fingerprint density at radius 3 is 2.33 bits per heavy atom. The lowest BCUT2D eigenvalue weighted by molar-refractivity contribution is -0.153. The molecule has 0 aliphatic carbocycles. The van der Waals surface area contributed by atoms with E-state index in [4.69, 9.17) is 9.47 Å². The summed E-state index contributed by atoms with van der Waals surface area (Å²) in [6.07, 6.45) is 0. The van der Waals surface area contributed by atoms with Crippen LogP contribution in [-0.2, 0) is 14.4 Å². The highest BCUT2D eigenvalue weighted by atomic mass is 16.5. The van der Waals surface area contributed by atoms with Gasteiger partial charge in [-0.25, -0.2) is 0 Å². The van der Waals surface area contributed by atoms with E-state index >= 15 is 0 Å². The first kappa shape index (κ1) is 19.2. The van der Waals surface area contributed by atoms with Gasteiger partial charge in [0.15, 0.2) is 11.5 Å². The second-order valence-corrected chi connectivity index (χ2v) is 7.30. The zero-order valence-corrected chi connectivity index (χ0v) is 16.0. The molecule has 1 aromatic rings. The first-order chi connectivity index (χ1) is 12.7. The number of ether oxygens (including phenoxy) is 2. The number of nitrogens with one attached hydrogen (secondary N) is 1. The van der Waals surface area contributed by atoms with Gasteiger partial charge in [0.2, 0.25) is 11.8 Å². The van der Waals surface area contributed by atoms with E-state index in [1.807, 2.05) is 0 Å². The minimum atomic E-state index is -1.53. The fourth-order valence-corrected chi connectivity index (χ4v) is 4.39. The van der Waals surface area contributed by atoms with Gasteiger partial charge < -0.3 is 14.6 Å². The number of hydrogen-bond donors (Lipinski definition) is 2. The van der Waals surface area contributed by atoms with E-state index in [0.29, 0.717) is 17.1 Å². The molecule has 2 aliphatic rings. The molecule has 2 fully saturated rings. The van der Waals surface area contributed by atoms with Crippen LogP contribution in [0.4, 0.5) is 0 Å².